The van der Waals surface area contributed by atoms with Crippen molar-refractivity contribution in [3.8, 4) is 5.75 Å². The molecule has 18 heavy (non-hydrogen) atoms. The largest absolute Gasteiger partial charge is 0.497 e. The van der Waals surface area contributed by atoms with Crippen molar-refractivity contribution in [3.63, 3.8) is 0 Å². The number of nitrogens with zero attached hydrogens (tertiary/aromatic N) is 2. The molecule has 2 unspecified atom stereocenters. The Hall–Kier alpha value is -1.71. The van der Waals surface area contributed by atoms with Crippen LogP contribution in [0.25, 0.3) is 11.0 Å². The number of anilines is 1. The van der Waals surface area contributed by atoms with E-state index in [1.807, 2.05) is 18.2 Å². The van der Waals surface area contributed by atoms with Gasteiger partial charge in [0, 0.05) is 12.1 Å². The van der Waals surface area contributed by atoms with Gasteiger partial charge in [-0.2, -0.15) is 0 Å². The lowest BCUT2D eigenvalue weighted by Crippen LogP contribution is -2.02. The van der Waals surface area contributed by atoms with Crippen molar-refractivity contribution in [2.24, 2.45) is 5.92 Å². The molecule has 2 atom stereocenters. The summed E-state index contributed by atoms with van der Waals surface area (Å²) in [5.74, 6) is 2.25. The summed E-state index contributed by atoms with van der Waals surface area (Å²) in [4.78, 5) is 4.43. The van der Waals surface area contributed by atoms with Gasteiger partial charge in [-0.05, 0) is 30.9 Å². The van der Waals surface area contributed by atoms with Crippen LogP contribution in [0.3, 0.4) is 0 Å². The van der Waals surface area contributed by atoms with Crippen LogP contribution in [0.2, 0.25) is 0 Å². The van der Waals surface area contributed by atoms with Crippen molar-refractivity contribution in [1.29, 1.82) is 0 Å². The van der Waals surface area contributed by atoms with Crippen LogP contribution < -0.4 is 10.5 Å². The molecular weight excluding hydrogens is 226 g/mol. The van der Waals surface area contributed by atoms with Gasteiger partial charge in [-0.1, -0.05) is 13.3 Å². The average Bonchev–Trinajstić information content (AvgIpc) is 3.03. The first-order valence-electron chi connectivity index (χ1n) is 6.56. The minimum atomic E-state index is 0.530. The van der Waals surface area contributed by atoms with Crippen molar-refractivity contribution in [2.75, 3.05) is 12.8 Å². The van der Waals surface area contributed by atoms with Crippen molar-refractivity contribution in [3.05, 3.63) is 18.2 Å². The van der Waals surface area contributed by atoms with Gasteiger partial charge in [0.25, 0.3) is 0 Å². The van der Waals surface area contributed by atoms with E-state index < -0.39 is 0 Å². The first-order valence-corrected chi connectivity index (χ1v) is 6.56. The van der Waals surface area contributed by atoms with Gasteiger partial charge in [-0.15, -0.1) is 0 Å². The molecule has 0 amide bonds. The summed E-state index contributed by atoms with van der Waals surface area (Å²) in [5, 5.41) is 0. The van der Waals surface area contributed by atoms with Gasteiger partial charge in [0.15, 0.2) is 0 Å². The molecule has 3 rings (SSSR count). The number of hydrogen-bond donors (Lipinski definition) is 1. The van der Waals surface area contributed by atoms with Gasteiger partial charge >= 0.3 is 0 Å². The lowest BCUT2D eigenvalue weighted by molar-refractivity contribution is 0.415. The number of aromatic nitrogens is 2. The molecule has 96 valence electrons. The lowest BCUT2D eigenvalue weighted by atomic mass is 10.2. The molecule has 1 aliphatic rings. The molecule has 1 heterocycles. The van der Waals surface area contributed by atoms with Crippen LogP contribution >= 0.6 is 0 Å². The fourth-order valence-electron chi connectivity index (χ4n) is 2.80. The van der Waals surface area contributed by atoms with Gasteiger partial charge < -0.3 is 15.0 Å². The molecule has 1 aliphatic carbocycles. The summed E-state index contributed by atoms with van der Waals surface area (Å²) in [6.45, 7) is 2.23. The molecular formula is C14H19N3O. The summed E-state index contributed by atoms with van der Waals surface area (Å²) in [5.41, 5.74) is 8.10. The van der Waals surface area contributed by atoms with Gasteiger partial charge in [-0.3, -0.25) is 0 Å². The zero-order valence-corrected chi connectivity index (χ0v) is 10.9. The molecule has 0 aliphatic heterocycles. The summed E-state index contributed by atoms with van der Waals surface area (Å²) in [6, 6.07) is 6.45. The van der Waals surface area contributed by atoms with Crippen LogP contribution in [-0.2, 0) is 0 Å². The highest BCUT2D eigenvalue weighted by molar-refractivity contribution is 5.80. The van der Waals surface area contributed by atoms with Crippen LogP contribution in [0.1, 0.15) is 32.2 Å². The Morgan fingerprint density at radius 3 is 3.06 bits per heavy atom. The van der Waals surface area contributed by atoms with E-state index in [-0.39, 0.29) is 0 Å². The van der Waals surface area contributed by atoms with E-state index >= 15 is 0 Å². The molecule has 0 bridgehead atoms. The molecule has 1 saturated carbocycles. The molecule has 4 nitrogen and oxygen atoms in total. The highest BCUT2D eigenvalue weighted by Gasteiger charge is 2.39. The number of nitrogen functional groups attached to an aromatic ring is 1. The molecule has 2 aromatic rings. The van der Waals surface area contributed by atoms with Crippen LogP contribution in [0, 0.1) is 5.92 Å². The van der Waals surface area contributed by atoms with E-state index in [9.17, 15) is 0 Å². The van der Waals surface area contributed by atoms with E-state index in [0.717, 1.165) is 22.7 Å². The topological polar surface area (TPSA) is 53.1 Å². The van der Waals surface area contributed by atoms with Crippen LogP contribution in [0.15, 0.2) is 18.2 Å². The smallest absolute Gasteiger partial charge is 0.201 e. The fourth-order valence-corrected chi connectivity index (χ4v) is 2.80. The second-order valence-electron chi connectivity index (χ2n) is 5.05. The Morgan fingerprint density at radius 2 is 2.33 bits per heavy atom. The number of ether oxygens (including phenoxy) is 1. The highest BCUT2D eigenvalue weighted by Crippen LogP contribution is 2.49. The molecule has 1 aromatic carbocycles. The van der Waals surface area contributed by atoms with Gasteiger partial charge in [0.2, 0.25) is 5.95 Å². The van der Waals surface area contributed by atoms with Crippen LogP contribution in [-0.4, -0.2) is 16.7 Å². The predicted molar refractivity (Wildman–Crippen MR) is 72.7 cm³/mol. The molecule has 4 heteroatoms. The summed E-state index contributed by atoms with van der Waals surface area (Å²) < 4.78 is 7.46. The Morgan fingerprint density at radius 1 is 1.50 bits per heavy atom. The highest BCUT2D eigenvalue weighted by atomic mass is 16.5. The summed E-state index contributed by atoms with van der Waals surface area (Å²) in [7, 11) is 1.68. The zero-order chi connectivity index (χ0) is 12.7. The van der Waals surface area contributed by atoms with Gasteiger partial charge in [0.05, 0.1) is 18.1 Å². The summed E-state index contributed by atoms with van der Waals surface area (Å²) >= 11 is 0. The number of benzene rings is 1. The third-order valence-corrected chi connectivity index (χ3v) is 3.80. The lowest BCUT2D eigenvalue weighted by Gasteiger charge is -2.06. The van der Waals surface area contributed by atoms with E-state index in [0.29, 0.717) is 12.0 Å². The van der Waals surface area contributed by atoms with Crippen LogP contribution in [0.4, 0.5) is 5.95 Å². The quantitative estimate of drug-likeness (QED) is 0.901. The van der Waals surface area contributed by atoms with Crippen molar-refractivity contribution < 1.29 is 4.74 Å². The average molecular weight is 245 g/mol. The Bertz CT molecular complexity index is 576. The SMILES string of the molecule is CCCC1CC1n1c(N)nc2ccc(OC)cc21. The minimum Gasteiger partial charge on any atom is -0.497 e. The number of methoxy groups -OCH3 is 1. The Kier molecular flexibility index (Phi) is 2.65. The van der Waals surface area contributed by atoms with E-state index in [1.54, 1.807) is 7.11 Å². The number of hydrogen-bond acceptors (Lipinski definition) is 3. The molecule has 0 spiro atoms. The Labute approximate surface area is 107 Å². The van der Waals surface area contributed by atoms with Crippen LogP contribution in [0.5, 0.6) is 5.75 Å². The maximum absolute atomic E-state index is 6.06. The predicted octanol–water partition coefficient (Wildman–Crippen LogP) is 2.99. The maximum Gasteiger partial charge on any atom is 0.201 e. The fraction of sp³-hybridized carbons (Fsp3) is 0.500. The zero-order valence-electron chi connectivity index (χ0n) is 10.9. The summed E-state index contributed by atoms with van der Waals surface area (Å²) in [6.07, 6.45) is 3.73. The molecule has 2 N–H and O–H groups in total. The van der Waals surface area contributed by atoms with E-state index in [4.69, 9.17) is 10.5 Å². The second kappa shape index (κ2) is 4.19. The third kappa shape index (κ3) is 1.72. The van der Waals surface area contributed by atoms with E-state index in [1.165, 1.54) is 19.3 Å². The van der Waals surface area contributed by atoms with E-state index in [2.05, 4.69) is 16.5 Å². The molecule has 0 radical (unpaired) electrons. The number of rotatable bonds is 4. The number of fused-ring (bicyclic) bond motifs is 1. The van der Waals surface area contributed by atoms with Gasteiger partial charge in [0.1, 0.15) is 5.75 Å². The van der Waals surface area contributed by atoms with Crippen molar-refractivity contribution >= 4 is 17.0 Å². The molecule has 1 fully saturated rings. The van der Waals surface area contributed by atoms with Gasteiger partial charge in [-0.25, -0.2) is 4.98 Å². The number of imidazole rings is 1. The normalized spacial score (nSPS) is 22.3. The molecule has 0 saturated heterocycles. The second-order valence-corrected chi connectivity index (χ2v) is 5.05. The minimum absolute atomic E-state index is 0.530. The van der Waals surface area contributed by atoms with Crippen molar-refractivity contribution in [1.82, 2.24) is 9.55 Å². The Balaban J connectivity index is 2.02. The monoisotopic (exact) mass is 245 g/mol. The number of nitrogens with two attached hydrogens (primary N) is 1. The first-order chi connectivity index (χ1) is 8.74. The van der Waals surface area contributed by atoms with Crippen molar-refractivity contribution in [2.45, 2.75) is 32.2 Å². The third-order valence-electron chi connectivity index (χ3n) is 3.80. The molecule has 1 aromatic heterocycles. The first kappa shape index (κ1) is 11.4. The standard InChI is InChI=1S/C14H19N3O/c1-3-4-9-7-12(9)17-13-8-10(18-2)5-6-11(13)16-14(17)15/h5-6,8-9,12H,3-4,7H2,1-2H3,(H2,15,16). The maximum atomic E-state index is 6.06.